The number of aromatic nitrogens is 2. The number of alkyl halides is 12. The highest BCUT2D eigenvalue weighted by Gasteiger charge is 2.48. The summed E-state index contributed by atoms with van der Waals surface area (Å²) in [6.07, 6.45) is 7.49. The summed E-state index contributed by atoms with van der Waals surface area (Å²) in [5.41, 5.74) is -17.9. The number of halogens is 12. The molecule has 1 atom stereocenters. The molecule has 0 saturated carbocycles. The van der Waals surface area contributed by atoms with Crippen LogP contribution in [0, 0.1) is 20.8 Å². The highest BCUT2D eigenvalue weighted by Crippen LogP contribution is 2.45. The van der Waals surface area contributed by atoms with Crippen molar-refractivity contribution in [1.29, 1.82) is 0 Å². The van der Waals surface area contributed by atoms with E-state index in [4.69, 9.17) is 0 Å². The Hall–Kier alpha value is -3.45. The minimum atomic E-state index is -6.72. The molecule has 0 aliphatic carbocycles. The van der Waals surface area contributed by atoms with Gasteiger partial charge in [-0.05, 0) is 44.0 Å². The maximum Gasteiger partial charge on any atom is 0.480 e. The van der Waals surface area contributed by atoms with Gasteiger partial charge in [-0.25, -0.2) is 33.7 Å². The number of hydrogen-bond acceptors (Lipinski definition) is 9. The summed E-state index contributed by atoms with van der Waals surface area (Å²) in [6, 6.07) is 12.2. The van der Waals surface area contributed by atoms with Crippen molar-refractivity contribution in [3.63, 3.8) is 0 Å². The molecule has 15 nitrogen and oxygen atoms in total. The van der Waals surface area contributed by atoms with Crippen LogP contribution < -0.4 is 9.13 Å². The average Bonchev–Trinajstić information content (AvgIpc) is 2.98. The number of nitrogens with zero attached hydrogens (tertiary/aromatic N) is 4. The first-order valence-corrected chi connectivity index (χ1v) is 21.4. The summed E-state index contributed by atoms with van der Waals surface area (Å²) < 4.78 is 233. The fraction of sp³-hybridized carbons (Fsp3) is 0.360. The van der Waals surface area contributed by atoms with Crippen LogP contribution >= 0.6 is 7.60 Å². The predicted octanol–water partition coefficient (Wildman–Crippen LogP) is 5.66. The molecule has 3 rings (SSSR count). The lowest BCUT2D eigenvalue weighted by atomic mass is 10.0. The Labute approximate surface area is 315 Å². The van der Waals surface area contributed by atoms with Gasteiger partial charge in [0.05, 0.1) is 0 Å². The first-order chi connectivity index (χ1) is 25.1. The summed E-state index contributed by atoms with van der Waals surface area (Å²) in [4.78, 5) is 18.6. The van der Waals surface area contributed by atoms with Crippen molar-refractivity contribution in [1.82, 2.24) is 0 Å². The molecule has 2 aromatic heterocycles. The maximum absolute atomic E-state index is 11.4. The van der Waals surface area contributed by atoms with E-state index in [9.17, 15) is 101 Å². The summed E-state index contributed by atoms with van der Waals surface area (Å²) in [7, 11) is -31.0. The highest BCUT2D eigenvalue weighted by atomic mass is 32.3. The zero-order valence-corrected chi connectivity index (χ0v) is 32.5. The van der Waals surface area contributed by atoms with Crippen LogP contribution in [0.4, 0.5) is 52.7 Å². The lowest BCUT2D eigenvalue weighted by Crippen LogP contribution is -2.36. The van der Waals surface area contributed by atoms with Gasteiger partial charge in [0.2, 0.25) is 5.69 Å². The Bertz CT molecular complexity index is 2210. The predicted molar refractivity (Wildman–Crippen MR) is 171 cm³/mol. The van der Waals surface area contributed by atoms with Crippen LogP contribution in [0.25, 0.3) is 25.1 Å². The lowest BCUT2D eigenvalue weighted by molar-refractivity contribution is -0.701. The van der Waals surface area contributed by atoms with Crippen molar-refractivity contribution >= 4 is 47.7 Å². The zero-order valence-electron chi connectivity index (χ0n) is 28.3. The summed E-state index contributed by atoms with van der Waals surface area (Å²) in [5.74, 6) is -0.878. The highest BCUT2D eigenvalue weighted by molar-refractivity contribution is 8.13. The van der Waals surface area contributed by atoms with Crippen LogP contribution in [0.15, 0.2) is 61.2 Å². The quantitative estimate of drug-likeness (QED) is 0.159. The molecule has 0 amide bonds. The van der Waals surface area contributed by atoms with Gasteiger partial charge in [0.1, 0.15) is 0 Å². The van der Waals surface area contributed by atoms with Crippen molar-refractivity contribution in [3.8, 4) is 16.8 Å². The molecule has 0 bridgehead atoms. The summed E-state index contributed by atoms with van der Waals surface area (Å²) in [5, 5.41) is 0. The molecule has 1 unspecified atom stereocenters. The number of aryl methyl sites for hydroxylation is 3. The third kappa shape index (κ3) is 13.8. The van der Waals surface area contributed by atoms with Crippen LogP contribution in [0.1, 0.15) is 29.4 Å². The van der Waals surface area contributed by atoms with Crippen LogP contribution in [-0.2, 0) is 44.7 Å². The molecular formula is C25H25F12N4O11PS4. The lowest BCUT2D eigenvalue weighted by Gasteiger charge is -2.22. The van der Waals surface area contributed by atoms with Gasteiger partial charge >= 0.3 is 29.6 Å². The molecule has 0 spiro atoms. The van der Waals surface area contributed by atoms with Crippen LogP contribution in [-0.4, -0.2) is 65.5 Å². The van der Waals surface area contributed by atoms with Gasteiger partial charge in [0.25, 0.3) is 5.78 Å². The van der Waals surface area contributed by atoms with Crippen LogP contribution in [0.2, 0.25) is 0 Å². The van der Waals surface area contributed by atoms with Gasteiger partial charge in [-0.3, -0.25) is 4.57 Å². The second kappa shape index (κ2) is 17.4. The van der Waals surface area contributed by atoms with E-state index in [0.717, 1.165) is 19.4 Å². The van der Waals surface area contributed by atoms with E-state index in [1.807, 2.05) is 36.7 Å². The van der Waals surface area contributed by atoms with Crippen LogP contribution in [0.5, 0.6) is 0 Å². The monoisotopic (exact) mass is 944 g/mol. The minimum absolute atomic E-state index is 0.778. The Morgan fingerprint density at radius 3 is 1.07 bits per heavy atom. The first-order valence-electron chi connectivity index (χ1n) is 14.0. The molecule has 3 aromatic rings. The van der Waals surface area contributed by atoms with E-state index < -0.39 is 75.5 Å². The molecule has 0 fully saturated rings. The van der Waals surface area contributed by atoms with E-state index in [1.165, 1.54) is 33.9 Å². The largest absolute Gasteiger partial charge is 0.480 e. The molecule has 324 valence electrons. The van der Waals surface area contributed by atoms with E-state index in [2.05, 4.69) is 37.5 Å². The zero-order chi connectivity index (χ0) is 45.2. The number of pyridine rings is 2. The van der Waals surface area contributed by atoms with Gasteiger partial charge in [-0.1, -0.05) is 5.56 Å². The Balaban J connectivity index is 0.000000465. The van der Waals surface area contributed by atoms with Crippen molar-refractivity contribution < 1.29 is 110 Å². The minimum Gasteiger partial charge on any atom is -0.421 e. The standard InChI is InChI=1S/C21H23N2O3P.2C2F6NO4S2/c1-15-13-16(2)21(17(3)14-15)23-11-7-20(8-12-23)19-5-9-22(10-6-19)18(4)27(24,25)26;2*3-1(4,5)14(10,11)9-15(12,13)2(6,7)8/h5-14,18H,1-4H3;;/q;2*-1/p+2. The SMILES string of the molecule is Cc1cc(C)c(-[n+]2ccc(-c3cc[n+](C(C)P(=O)(O)O)cc3)cc2)c(C)c1.O=S(=O)([N-]S(=O)(=O)C(F)(F)F)C(F)(F)F.O=S(=O)([N-]S(=O)(=O)C(F)(F)F)C(F)(F)F. The fourth-order valence-corrected chi connectivity index (χ4v) is 7.75. The fourth-order valence-electron chi connectivity index (χ4n) is 3.83. The van der Waals surface area contributed by atoms with Crippen molar-refractivity contribution in [2.24, 2.45) is 0 Å². The number of hydrogen-bond donors (Lipinski definition) is 2. The maximum atomic E-state index is 11.4. The smallest absolute Gasteiger partial charge is 0.421 e. The molecule has 57 heavy (non-hydrogen) atoms. The van der Waals surface area contributed by atoms with Crippen LogP contribution in [0.3, 0.4) is 0 Å². The molecule has 32 heteroatoms. The first kappa shape index (κ1) is 51.6. The Morgan fingerprint density at radius 2 is 0.825 bits per heavy atom. The Morgan fingerprint density at radius 1 is 0.561 bits per heavy atom. The van der Waals surface area contributed by atoms with Gasteiger partial charge in [-0.15, -0.1) is 0 Å². The van der Waals surface area contributed by atoms with E-state index in [0.29, 0.717) is 0 Å². The molecule has 0 aliphatic heterocycles. The second-order valence-corrected chi connectivity index (χ2v) is 19.6. The average molecular weight is 945 g/mol. The van der Waals surface area contributed by atoms with Gasteiger partial charge < -0.3 is 18.0 Å². The van der Waals surface area contributed by atoms with Crippen molar-refractivity contribution in [2.45, 2.75) is 55.5 Å². The normalized spacial score (nSPS) is 14.1. The van der Waals surface area contributed by atoms with E-state index in [-0.39, 0.29) is 0 Å². The molecule has 0 saturated heterocycles. The third-order valence-electron chi connectivity index (χ3n) is 6.39. The van der Waals surface area contributed by atoms with Gasteiger partial charge in [0, 0.05) is 42.3 Å². The second-order valence-electron chi connectivity index (χ2n) is 10.8. The molecule has 1 aromatic carbocycles. The molecule has 0 aliphatic rings. The van der Waals surface area contributed by atoms with Gasteiger partial charge in [0.15, 0.2) is 64.9 Å². The van der Waals surface area contributed by atoms with Crippen molar-refractivity contribution in [3.05, 3.63) is 86.1 Å². The number of sulfonamides is 4. The Kier molecular flexibility index (Phi) is 15.8. The number of benzene rings is 1. The summed E-state index contributed by atoms with van der Waals surface area (Å²) in [6.45, 7) is 7.85. The molecular weight excluding hydrogens is 920 g/mol. The molecule has 2 heterocycles. The topological polar surface area (TPSA) is 230 Å². The number of rotatable bonds is 8. The van der Waals surface area contributed by atoms with Crippen molar-refractivity contribution in [2.75, 3.05) is 0 Å². The molecule has 0 radical (unpaired) electrons. The van der Waals surface area contributed by atoms with Gasteiger partial charge in [-0.2, -0.15) is 61.8 Å². The van der Waals surface area contributed by atoms with E-state index in [1.54, 1.807) is 12.4 Å². The van der Waals surface area contributed by atoms with E-state index >= 15 is 0 Å². The third-order valence-corrected chi connectivity index (χ3v) is 13.1. The molecule has 2 N–H and O–H groups in total. The summed E-state index contributed by atoms with van der Waals surface area (Å²) >= 11 is 0.